The van der Waals surface area contributed by atoms with Crippen LogP contribution in [0.1, 0.15) is 201 Å². The highest BCUT2D eigenvalue weighted by molar-refractivity contribution is 5.71. The minimum Gasteiger partial charge on any atom is -0.462 e. The van der Waals surface area contributed by atoms with Crippen LogP contribution in [0.5, 0.6) is 0 Å². The number of unbranched alkanes of at least 4 members (excludes halogenated alkanes) is 17. The molecule has 0 rings (SSSR count). The fourth-order valence-corrected chi connectivity index (χ4v) is 6.40. The normalized spacial score (nSPS) is 13.1. The van der Waals surface area contributed by atoms with E-state index in [2.05, 4.69) is 81.5 Å². The van der Waals surface area contributed by atoms with E-state index in [9.17, 15) is 14.4 Å². The Labute approximate surface area is 386 Å². The van der Waals surface area contributed by atoms with Gasteiger partial charge in [0.05, 0.1) is 0 Å². The zero-order valence-corrected chi connectivity index (χ0v) is 40.3. The van der Waals surface area contributed by atoms with Crippen LogP contribution in [0.25, 0.3) is 0 Å². The van der Waals surface area contributed by atoms with Gasteiger partial charge in [-0.2, -0.15) is 0 Å². The molecular weight excluding hydrogens is 781 g/mol. The summed E-state index contributed by atoms with van der Waals surface area (Å²) in [6.45, 7) is 6.29. The second kappa shape index (κ2) is 50.5. The van der Waals surface area contributed by atoms with Crippen LogP contribution in [0.2, 0.25) is 0 Å². The molecule has 0 aromatic heterocycles. The van der Waals surface area contributed by atoms with Gasteiger partial charge in [-0.3, -0.25) is 14.4 Å². The Morgan fingerprint density at radius 1 is 0.349 bits per heavy atom. The molecule has 1 unspecified atom stereocenters. The minimum absolute atomic E-state index is 0.103. The van der Waals surface area contributed by atoms with E-state index < -0.39 is 6.10 Å². The Hall–Kier alpha value is -4.19. The Balaban J connectivity index is 4.47. The van der Waals surface area contributed by atoms with Crippen molar-refractivity contribution in [2.75, 3.05) is 13.2 Å². The van der Waals surface area contributed by atoms with Crippen LogP contribution in [-0.4, -0.2) is 37.2 Å². The molecule has 0 spiro atoms. The van der Waals surface area contributed by atoms with E-state index in [0.29, 0.717) is 19.3 Å². The van der Waals surface area contributed by atoms with Crippen molar-refractivity contribution in [3.05, 3.63) is 122 Å². The van der Waals surface area contributed by atoms with E-state index in [1.807, 2.05) is 60.8 Å². The van der Waals surface area contributed by atoms with Gasteiger partial charge >= 0.3 is 17.9 Å². The summed E-state index contributed by atoms with van der Waals surface area (Å²) < 4.78 is 16.7. The summed E-state index contributed by atoms with van der Waals surface area (Å²) in [5, 5.41) is 0. The number of esters is 3. The molecule has 0 saturated carbocycles. The van der Waals surface area contributed by atoms with Crippen LogP contribution in [0.4, 0.5) is 0 Å². The molecule has 0 radical (unpaired) electrons. The zero-order valence-electron chi connectivity index (χ0n) is 40.3. The molecule has 0 aliphatic carbocycles. The van der Waals surface area contributed by atoms with Gasteiger partial charge < -0.3 is 14.2 Å². The quantitative estimate of drug-likeness (QED) is 0.0200. The number of hydrogen-bond donors (Lipinski definition) is 0. The van der Waals surface area contributed by atoms with Crippen LogP contribution in [-0.2, 0) is 28.6 Å². The van der Waals surface area contributed by atoms with Crippen molar-refractivity contribution in [3.8, 4) is 0 Å². The Kier molecular flexibility index (Phi) is 47.1. The van der Waals surface area contributed by atoms with E-state index in [1.54, 1.807) is 0 Å². The Bertz CT molecular complexity index is 1370. The van der Waals surface area contributed by atoms with Gasteiger partial charge in [-0.25, -0.2) is 0 Å². The first-order valence-corrected chi connectivity index (χ1v) is 25.1. The topological polar surface area (TPSA) is 78.9 Å². The molecule has 0 amide bonds. The van der Waals surface area contributed by atoms with Crippen molar-refractivity contribution in [3.63, 3.8) is 0 Å². The molecule has 0 N–H and O–H groups in total. The third-order valence-electron chi connectivity index (χ3n) is 10.1. The number of carbonyl (C=O) groups excluding carboxylic acids is 3. The van der Waals surface area contributed by atoms with Crippen molar-refractivity contribution in [2.45, 2.75) is 207 Å². The van der Waals surface area contributed by atoms with Crippen molar-refractivity contribution in [2.24, 2.45) is 0 Å². The number of ether oxygens (including phenoxy) is 3. The summed E-state index contributed by atoms with van der Waals surface area (Å²) in [5.41, 5.74) is 0. The predicted octanol–water partition coefficient (Wildman–Crippen LogP) is 16.5. The van der Waals surface area contributed by atoms with Gasteiger partial charge in [0, 0.05) is 19.3 Å². The molecule has 63 heavy (non-hydrogen) atoms. The van der Waals surface area contributed by atoms with Crippen molar-refractivity contribution in [1.82, 2.24) is 0 Å². The molecule has 0 aromatic carbocycles. The first-order valence-electron chi connectivity index (χ1n) is 25.1. The predicted molar refractivity (Wildman–Crippen MR) is 269 cm³/mol. The van der Waals surface area contributed by atoms with E-state index in [-0.39, 0.29) is 37.5 Å². The molecule has 354 valence electrons. The second-order valence-corrected chi connectivity index (χ2v) is 16.1. The molecule has 6 heteroatoms. The van der Waals surface area contributed by atoms with E-state index in [1.165, 1.54) is 51.4 Å². The number of allylic oxidation sites excluding steroid dienone is 20. The lowest BCUT2D eigenvalue weighted by molar-refractivity contribution is -0.167. The third kappa shape index (κ3) is 48.7. The maximum absolute atomic E-state index is 12.8. The summed E-state index contributed by atoms with van der Waals surface area (Å²) in [4.78, 5) is 37.9. The van der Waals surface area contributed by atoms with E-state index in [0.717, 1.165) is 103 Å². The Morgan fingerprint density at radius 3 is 1.17 bits per heavy atom. The highest BCUT2D eigenvalue weighted by Crippen LogP contribution is 2.13. The summed E-state index contributed by atoms with van der Waals surface area (Å²) in [6, 6.07) is 0. The summed E-state index contributed by atoms with van der Waals surface area (Å²) in [7, 11) is 0. The fourth-order valence-electron chi connectivity index (χ4n) is 6.40. The molecule has 0 heterocycles. The molecule has 0 saturated heterocycles. The van der Waals surface area contributed by atoms with Crippen LogP contribution in [0, 0.1) is 0 Å². The maximum atomic E-state index is 12.8. The van der Waals surface area contributed by atoms with Gasteiger partial charge in [0.15, 0.2) is 6.10 Å². The van der Waals surface area contributed by atoms with Gasteiger partial charge in [0.2, 0.25) is 0 Å². The molecular formula is C57H90O6. The highest BCUT2D eigenvalue weighted by atomic mass is 16.6. The molecule has 0 aliphatic rings. The average Bonchev–Trinajstić information content (AvgIpc) is 3.28. The van der Waals surface area contributed by atoms with Crippen LogP contribution in [0.3, 0.4) is 0 Å². The van der Waals surface area contributed by atoms with E-state index >= 15 is 0 Å². The zero-order chi connectivity index (χ0) is 45.8. The molecule has 0 fully saturated rings. The summed E-state index contributed by atoms with van der Waals surface area (Å²) in [6.07, 6.45) is 68.9. The second-order valence-electron chi connectivity index (χ2n) is 16.1. The smallest absolute Gasteiger partial charge is 0.306 e. The summed E-state index contributed by atoms with van der Waals surface area (Å²) in [5.74, 6) is -0.973. The first kappa shape index (κ1) is 58.8. The van der Waals surface area contributed by atoms with Gasteiger partial charge in [0.1, 0.15) is 13.2 Å². The van der Waals surface area contributed by atoms with Crippen LogP contribution >= 0.6 is 0 Å². The van der Waals surface area contributed by atoms with Crippen molar-refractivity contribution >= 4 is 17.9 Å². The summed E-state index contributed by atoms with van der Waals surface area (Å²) >= 11 is 0. The highest BCUT2D eigenvalue weighted by Gasteiger charge is 2.19. The van der Waals surface area contributed by atoms with Gasteiger partial charge in [-0.05, 0) is 77.0 Å². The lowest BCUT2D eigenvalue weighted by atomic mass is 10.1. The lowest BCUT2D eigenvalue weighted by Gasteiger charge is -2.18. The monoisotopic (exact) mass is 871 g/mol. The van der Waals surface area contributed by atoms with Gasteiger partial charge in [-0.15, -0.1) is 0 Å². The number of rotatable bonds is 43. The van der Waals surface area contributed by atoms with E-state index in [4.69, 9.17) is 14.2 Å². The average molecular weight is 871 g/mol. The van der Waals surface area contributed by atoms with Gasteiger partial charge in [0.25, 0.3) is 0 Å². The molecule has 6 nitrogen and oxygen atoms in total. The Morgan fingerprint density at radius 2 is 0.698 bits per heavy atom. The molecule has 0 bridgehead atoms. The van der Waals surface area contributed by atoms with Crippen LogP contribution < -0.4 is 0 Å². The number of hydrogen-bond acceptors (Lipinski definition) is 6. The molecule has 0 aliphatic heterocycles. The molecule has 1 atom stereocenters. The minimum atomic E-state index is -0.808. The van der Waals surface area contributed by atoms with Crippen LogP contribution in [0.15, 0.2) is 122 Å². The number of carbonyl (C=O) groups is 3. The van der Waals surface area contributed by atoms with Crippen molar-refractivity contribution < 1.29 is 28.6 Å². The first-order chi connectivity index (χ1) is 31.0. The lowest BCUT2D eigenvalue weighted by Crippen LogP contribution is -2.30. The SMILES string of the molecule is CC\C=C/C=C\C=C/C=C\C=C\C=C/CCCCCC(=O)OC(COC(=O)CCCCCCCC/C=C\C/C=C\C/C=C\C/C=C\CC)COC(=O)CCCCCCCCCCC. The maximum Gasteiger partial charge on any atom is 0.306 e. The largest absolute Gasteiger partial charge is 0.462 e. The fraction of sp³-hybridized carbons (Fsp3) is 0.596. The standard InChI is InChI=1S/C57H90O6/c1-4-7-10-13-16-19-21-23-25-27-28-30-31-33-35-38-41-44-47-50-56(59)62-53-54(52-61-55(58)49-46-43-40-37-18-15-12-9-6-3)63-57(60)51-48-45-42-39-36-34-32-29-26-24-22-20-17-14-11-8-5-2/h7-8,10-11,14,16-17,19-20,22-26,28-30,32,34,36,54H,4-6,9,12-13,15,18,21,27,31,33,35,37-53H2,1-3H3/b10-7-,11-8-,17-14-,19-16-,22-20-,25-23-,26-24-,30-28-,32-29+,36-34-. The molecule has 0 aromatic rings. The van der Waals surface area contributed by atoms with Crippen molar-refractivity contribution in [1.29, 1.82) is 0 Å². The third-order valence-corrected chi connectivity index (χ3v) is 10.1. The van der Waals surface area contributed by atoms with Gasteiger partial charge in [-0.1, -0.05) is 226 Å².